The van der Waals surface area contributed by atoms with E-state index in [1.54, 1.807) is 13.8 Å². The minimum atomic E-state index is -0.726. The summed E-state index contributed by atoms with van der Waals surface area (Å²) >= 11 is 5.54. The summed E-state index contributed by atoms with van der Waals surface area (Å²) in [4.78, 5) is 11.5. The van der Waals surface area contributed by atoms with Crippen molar-refractivity contribution in [1.82, 2.24) is 0 Å². The molecule has 0 heterocycles. The summed E-state index contributed by atoms with van der Waals surface area (Å²) in [6.07, 6.45) is -0.279. The first-order chi connectivity index (χ1) is 8.08. The van der Waals surface area contributed by atoms with Crippen LogP contribution in [0.2, 0.25) is 5.02 Å². The van der Waals surface area contributed by atoms with Crippen molar-refractivity contribution in [2.24, 2.45) is 0 Å². The van der Waals surface area contributed by atoms with Crippen LogP contribution < -0.4 is 4.74 Å². The van der Waals surface area contributed by atoms with Crippen LogP contribution in [0.5, 0.6) is 5.75 Å². The average molecular weight is 261 g/mol. The van der Waals surface area contributed by atoms with E-state index in [9.17, 15) is 9.18 Å². The zero-order valence-corrected chi connectivity index (χ0v) is 10.5. The first-order valence-corrected chi connectivity index (χ1v) is 5.74. The lowest BCUT2D eigenvalue weighted by Crippen LogP contribution is -2.28. The average Bonchev–Trinajstić information content (AvgIpc) is 2.30. The van der Waals surface area contributed by atoms with E-state index in [1.165, 1.54) is 12.1 Å². The summed E-state index contributed by atoms with van der Waals surface area (Å²) in [5.41, 5.74) is 0. The second-order valence-corrected chi connectivity index (χ2v) is 3.75. The molecular weight excluding hydrogens is 247 g/mol. The third kappa shape index (κ3) is 3.89. The van der Waals surface area contributed by atoms with Gasteiger partial charge in [-0.1, -0.05) is 18.5 Å². The van der Waals surface area contributed by atoms with Crippen LogP contribution >= 0.6 is 11.6 Å². The van der Waals surface area contributed by atoms with E-state index < -0.39 is 17.9 Å². The standard InChI is InChI=1S/C12H14ClFO3/c1-3-11(12(15)16-4-2)17-8-5-6-9(13)10(14)7-8/h5-7,11H,3-4H2,1-2H3. The largest absolute Gasteiger partial charge is 0.479 e. The number of halogens is 2. The Morgan fingerprint density at radius 1 is 1.47 bits per heavy atom. The van der Waals surface area contributed by atoms with Gasteiger partial charge in [0.2, 0.25) is 0 Å². The van der Waals surface area contributed by atoms with Crippen LogP contribution in [0.3, 0.4) is 0 Å². The van der Waals surface area contributed by atoms with Gasteiger partial charge >= 0.3 is 5.97 Å². The Morgan fingerprint density at radius 2 is 2.18 bits per heavy atom. The Hall–Kier alpha value is -1.29. The van der Waals surface area contributed by atoms with E-state index in [1.807, 2.05) is 0 Å². The van der Waals surface area contributed by atoms with Crippen molar-refractivity contribution in [3.05, 3.63) is 29.0 Å². The second kappa shape index (κ2) is 6.45. The van der Waals surface area contributed by atoms with Crippen LogP contribution in [0.1, 0.15) is 20.3 Å². The van der Waals surface area contributed by atoms with Gasteiger partial charge in [0, 0.05) is 6.07 Å². The highest BCUT2D eigenvalue weighted by Crippen LogP contribution is 2.21. The fraction of sp³-hybridized carbons (Fsp3) is 0.417. The van der Waals surface area contributed by atoms with Crippen molar-refractivity contribution in [2.75, 3.05) is 6.61 Å². The van der Waals surface area contributed by atoms with E-state index in [4.69, 9.17) is 21.1 Å². The van der Waals surface area contributed by atoms with Crippen LogP contribution in [0.25, 0.3) is 0 Å². The van der Waals surface area contributed by atoms with Crippen molar-refractivity contribution in [1.29, 1.82) is 0 Å². The Bertz CT molecular complexity index is 395. The van der Waals surface area contributed by atoms with Gasteiger partial charge in [0.15, 0.2) is 6.10 Å². The summed E-state index contributed by atoms with van der Waals surface area (Å²) in [6.45, 7) is 3.79. The maximum atomic E-state index is 13.2. The molecular formula is C12H14ClFO3. The maximum absolute atomic E-state index is 13.2. The van der Waals surface area contributed by atoms with Crippen LogP contribution in [0, 0.1) is 5.82 Å². The Labute approximate surface area is 104 Å². The minimum Gasteiger partial charge on any atom is -0.479 e. The minimum absolute atomic E-state index is 0.0153. The molecule has 0 aliphatic rings. The van der Waals surface area contributed by atoms with Crippen LogP contribution in [-0.4, -0.2) is 18.7 Å². The molecule has 0 amide bonds. The number of ether oxygens (including phenoxy) is 2. The molecule has 17 heavy (non-hydrogen) atoms. The number of hydrogen-bond donors (Lipinski definition) is 0. The molecule has 1 rings (SSSR count). The predicted octanol–water partition coefficient (Wildman–Crippen LogP) is 3.20. The number of benzene rings is 1. The second-order valence-electron chi connectivity index (χ2n) is 3.34. The molecule has 5 heteroatoms. The van der Waals surface area contributed by atoms with Crippen molar-refractivity contribution in [2.45, 2.75) is 26.4 Å². The summed E-state index contributed by atoms with van der Waals surface area (Å²) in [6, 6.07) is 4.03. The van der Waals surface area contributed by atoms with Crippen molar-refractivity contribution >= 4 is 17.6 Å². The van der Waals surface area contributed by atoms with Gasteiger partial charge in [-0.05, 0) is 25.5 Å². The van der Waals surface area contributed by atoms with Gasteiger partial charge in [0.25, 0.3) is 0 Å². The van der Waals surface area contributed by atoms with Crippen molar-refractivity contribution in [3.63, 3.8) is 0 Å². The number of hydrogen-bond acceptors (Lipinski definition) is 3. The molecule has 0 aliphatic heterocycles. The molecule has 0 aromatic heterocycles. The fourth-order valence-electron chi connectivity index (χ4n) is 1.25. The Balaban J connectivity index is 2.73. The van der Waals surface area contributed by atoms with Crippen LogP contribution in [0.4, 0.5) is 4.39 Å². The topological polar surface area (TPSA) is 35.5 Å². The SMILES string of the molecule is CCOC(=O)C(CC)Oc1ccc(Cl)c(F)c1. The van der Waals surface area contributed by atoms with Crippen LogP contribution in [-0.2, 0) is 9.53 Å². The third-order valence-corrected chi connectivity index (χ3v) is 2.40. The number of rotatable bonds is 5. The number of carbonyl (C=O) groups excluding carboxylic acids is 1. The predicted molar refractivity (Wildman–Crippen MR) is 62.8 cm³/mol. The lowest BCUT2D eigenvalue weighted by atomic mass is 10.2. The number of esters is 1. The maximum Gasteiger partial charge on any atom is 0.347 e. The molecule has 94 valence electrons. The first-order valence-electron chi connectivity index (χ1n) is 5.36. The van der Waals surface area contributed by atoms with Crippen LogP contribution in [0.15, 0.2) is 18.2 Å². The monoisotopic (exact) mass is 260 g/mol. The summed E-state index contributed by atoms with van der Waals surface area (Å²) in [7, 11) is 0. The summed E-state index contributed by atoms with van der Waals surface area (Å²) in [5, 5.41) is 0.0153. The van der Waals surface area contributed by atoms with Gasteiger partial charge in [-0.25, -0.2) is 9.18 Å². The molecule has 0 fully saturated rings. The summed E-state index contributed by atoms with van der Waals surface area (Å²) in [5.74, 6) is -0.778. The van der Waals surface area contributed by atoms with Crippen molar-refractivity contribution in [3.8, 4) is 5.75 Å². The molecule has 1 unspecified atom stereocenters. The highest BCUT2D eigenvalue weighted by Gasteiger charge is 2.19. The van der Waals surface area contributed by atoms with Gasteiger partial charge in [-0.15, -0.1) is 0 Å². The molecule has 0 spiro atoms. The molecule has 0 saturated carbocycles. The molecule has 1 atom stereocenters. The number of carbonyl (C=O) groups is 1. The molecule has 1 aromatic carbocycles. The zero-order valence-electron chi connectivity index (χ0n) is 9.70. The van der Waals surface area contributed by atoms with Crippen molar-refractivity contribution < 1.29 is 18.7 Å². The molecule has 0 aliphatic carbocycles. The van der Waals surface area contributed by atoms with E-state index in [2.05, 4.69) is 0 Å². The van der Waals surface area contributed by atoms with Gasteiger partial charge < -0.3 is 9.47 Å². The van der Waals surface area contributed by atoms with Gasteiger partial charge in [0.1, 0.15) is 11.6 Å². The first kappa shape index (κ1) is 13.8. The van der Waals surface area contributed by atoms with Gasteiger partial charge in [-0.2, -0.15) is 0 Å². The van der Waals surface area contributed by atoms with E-state index >= 15 is 0 Å². The zero-order chi connectivity index (χ0) is 12.8. The van der Waals surface area contributed by atoms with Gasteiger partial charge in [-0.3, -0.25) is 0 Å². The highest BCUT2D eigenvalue weighted by molar-refractivity contribution is 6.30. The third-order valence-electron chi connectivity index (χ3n) is 2.09. The van der Waals surface area contributed by atoms with E-state index in [0.29, 0.717) is 6.42 Å². The Morgan fingerprint density at radius 3 is 2.71 bits per heavy atom. The molecule has 0 N–H and O–H groups in total. The normalized spacial score (nSPS) is 12.0. The van der Waals surface area contributed by atoms with Gasteiger partial charge in [0.05, 0.1) is 11.6 Å². The molecule has 0 bridgehead atoms. The lowest BCUT2D eigenvalue weighted by molar-refractivity contribution is -0.151. The quantitative estimate of drug-likeness (QED) is 0.763. The molecule has 0 saturated heterocycles. The Kier molecular flexibility index (Phi) is 5.22. The molecule has 0 radical (unpaired) electrons. The fourth-order valence-corrected chi connectivity index (χ4v) is 1.37. The smallest absolute Gasteiger partial charge is 0.347 e. The lowest BCUT2D eigenvalue weighted by Gasteiger charge is -2.16. The highest BCUT2D eigenvalue weighted by atomic mass is 35.5. The van der Waals surface area contributed by atoms with E-state index in [0.717, 1.165) is 6.07 Å². The molecule has 1 aromatic rings. The molecule has 3 nitrogen and oxygen atoms in total. The van der Waals surface area contributed by atoms with E-state index in [-0.39, 0.29) is 17.4 Å². The summed E-state index contributed by atoms with van der Waals surface area (Å²) < 4.78 is 23.3.